The lowest BCUT2D eigenvalue weighted by Crippen LogP contribution is -2.30. The van der Waals surface area contributed by atoms with E-state index in [1.807, 2.05) is 0 Å². The molecule has 6 heteroatoms. The molecule has 0 aromatic rings. The molecule has 0 fully saturated rings. The summed E-state index contributed by atoms with van der Waals surface area (Å²) in [6.07, 6.45) is 79.3. The van der Waals surface area contributed by atoms with Gasteiger partial charge in [0, 0.05) is 19.3 Å². The summed E-state index contributed by atoms with van der Waals surface area (Å²) >= 11 is 0. The van der Waals surface area contributed by atoms with E-state index in [9.17, 15) is 14.4 Å². The third kappa shape index (κ3) is 62.7. The summed E-state index contributed by atoms with van der Waals surface area (Å²) in [4.78, 5) is 38.3. The maximum absolute atomic E-state index is 12.9. The molecule has 0 heterocycles. The Morgan fingerprint density at radius 2 is 0.434 bits per heavy atom. The smallest absolute Gasteiger partial charge is 0.306 e. The van der Waals surface area contributed by atoms with Crippen LogP contribution in [0.5, 0.6) is 0 Å². The maximum Gasteiger partial charge on any atom is 0.306 e. The lowest BCUT2D eigenvalue weighted by molar-refractivity contribution is -0.167. The highest BCUT2D eigenvalue weighted by Gasteiger charge is 2.19. The summed E-state index contributed by atoms with van der Waals surface area (Å²) in [5.74, 6) is -0.865. The van der Waals surface area contributed by atoms with E-state index in [0.717, 1.165) is 70.6 Å². The zero-order valence-electron chi connectivity index (χ0n) is 51.6. The highest BCUT2D eigenvalue weighted by Crippen LogP contribution is 2.18. The molecule has 448 valence electrons. The largest absolute Gasteiger partial charge is 0.462 e. The molecule has 0 aromatic heterocycles. The van der Waals surface area contributed by atoms with E-state index < -0.39 is 6.10 Å². The number of carbonyl (C=O) groups is 3. The van der Waals surface area contributed by atoms with Crippen molar-refractivity contribution in [2.45, 2.75) is 393 Å². The first kappa shape index (κ1) is 73.9. The van der Waals surface area contributed by atoms with Gasteiger partial charge in [-0.15, -0.1) is 0 Å². The average molecular weight is 1070 g/mol. The van der Waals surface area contributed by atoms with Gasteiger partial charge in [-0.3, -0.25) is 14.4 Å². The Kier molecular flexibility index (Phi) is 63.6. The van der Waals surface area contributed by atoms with E-state index >= 15 is 0 Å². The molecule has 0 radical (unpaired) electrons. The first-order chi connectivity index (χ1) is 37.5. The van der Waals surface area contributed by atoms with Gasteiger partial charge in [0.2, 0.25) is 0 Å². The summed E-state index contributed by atoms with van der Waals surface area (Å²) in [6.45, 7) is 6.67. The Morgan fingerprint density at radius 1 is 0.250 bits per heavy atom. The van der Waals surface area contributed by atoms with Crippen molar-refractivity contribution in [3.05, 3.63) is 24.3 Å². The van der Waals surface area contributed by atoms with Crippen molar-refractivity contribution in [3.8, 4) is 0 Å². The maximum atomic E-state index is 12.9. The van der Waals surface area contributed by atoms with Crippen LogP contribution >= 0.6 is 0 Å². The van der Waals surface area contributed by atoms with Crippen LogP contribution in [-0.4, -0.2) is 37.2 Å². The van der Waals surface area contributed by atoms with E-state index in [1.165, 1.54) is 276 Å². The molecule has 1 unspecified atom stereocenters. The number of carbonyl (C=O) groups excluding carboxylic acids is 3. The summed E-state index contributed by atoms with van der Waals surface area (Å²) in [6, 6.07) is 0. The van der Waals surface area contributed by atoms with Gasteiger partial charge in [-0.1, -0.05) is 321 Å². The summed E-state index contributed by atoms with van der Waals surface area (Å²) in [7, 11) is 0. The minimum Gasteiger partial charge on any atom is -0.462 e. The van der Waals surface area contributed by atoms with Crippen LogP contribution < -0.4 is 0 Å². The zero-order valence-corrected chi connectivity index (χ0v) is 51.6. The molecule has 1 atom stereocenters. The minimum absolute atomic E-state index is 0.0725. The lowest BCUT2D eigenvalue weighted by Gasteiger charge is -2.18. The number of rotatable bonds is 64. The average Bonchev–Trinajstić information content (AvgIpc) is 3.42. The molecule has 0 bridgehead atoms. The van der Waals surface area contributed by atoms with Gasteiger partial charge in [0.05, 0.1) is 0 Å². The first-order valence-corrected chi connectivity index (χ1v) is 34.3. The highest BCUT2D eigenvalue weighted by atomic mass is 16.6. The Hall–Kier alpha value is -2.11. The number of allylic oxidation sites excluding steroid dienone is 4. The molecule has 0 spiro atoms. The van der Waals surface area contributed by atoms with Gasteiger partial charge < -0.3 is 14.2 Å². The van der Waals surface area contributed by atoms with Crippen LogP contribution in [0.3, 0.4) is 0 Å². The molecule has 76 heavy (non-hydrogen) atoms. The third-order valence-corrected chi connectivity index (χ3v) is 15.7. The Morgan fingerprint density at radius 3 is 0.684 bits per heavy atom. The van der Waals surface area contributed by atoms with Crippen LogP contribution in [0, 0.1) is 0 Å². The fourth-order valence-electron chi connectivity index (χ4n) is 10.5. The van der Waals surface area contributed by atoms with Crippen molar-refractivity contribution in [2.75, 3.05) is 13.2 Å². The van der Waals surface area contributed by atoms with Crippen molar-refractivity contribution >= 4 is 17.9 Å². The molecule has 0 saturated carbocycles. The molecule has 0 aliphatic heterocycles. The Bertz CT molecular complexity index is 1230. The predicted octanol–water partition coefficient (Wildman–Crippen LogP) is 23.4. The topological polar surface area (TPSA) is 78.9 Å². The molecule has 0 amide bonds. The molecule has 0 aliphatic rings. The van der Waals surface area contributed by atoms with Crippen LogP contribution in [0.15, 0.2) is 24.3 Å². The number of ether oxygens (including phenoxy) is 3. The van der Waals surface area contributed by atoms with Gasteiger partial charge >= 0.3 is 17.9 Å². The van der Waals surface area contributed by atoms with Crippen LogP contribution in [0.4, 0.5) is 0 Å². The highest BCUT2D eigenvalue weighted by molar-refractivity contribution is 5.71. The van der Waals surface area contributed by atoms with E-state index in [2.05, 4.69) is 45.1 Å². The standard InChI is InChI=1S/C70H132O6/c1-4-7-10-13-16-19-22-25-27-29-30-31-32-33-34-35-36-37-38-39-40-41-42-44-45-48-51-54-57-60-63-69(72)75-66-67(65-74-68(71)62-59-56-53-50-47-24-21-18-15-12-9-6-3)76-70(73)64-61-58-55-52-49-46-43-28-26-23-20-17-14-11-8-5-2/h18,21,28,43,67H,4-17,19-20,22-27,29-42,44-66H2,1-3H3/b21-18-,43-28-. The van der Waals surface area contributed by atoms with Gasteiger partial charge in [-0.2, -0.15) is 0 Å². The minimum atomic E-state index is -0.776. The fraction of sp³-hybridized carbons (Fsp3) is 0.900. The summed E-state index contributed by atoms with van der Waals surface area (Å²) in [5.41, 5.74) is 0. The van der Waals surface area contributed by atoms with Gasteiger partial charge in [-0.05, 0) is 70.6 Å². The van der Waals surface area contributed by atoms with Crippen LogP contribution in [0.1, 0.15) is 387 Å². The van der Waals surface area contributed by atoms with E-state index in [0.29, 0.717) is 19.3 Å². The van der Waals surface area contributed by atoms with Crippen molar-refractivity contribution in [1.82, 2.24) is 0 Å². The molecular formula is C70H132O6. The first-order valence-electron chi connectivity index (χ1n) is 34.3. The predicted molar refractivity (Wildman–Crippen MR) is 330 cm³/mol. The Labute approximate surface area is 474 Å². The fourth-order valence-corrected chi connectivity index (χ4v) is 10.5. The number of esters is 3. The second-order valence-corrected chi connectivity index (χ2v) is 23.4. The number of hydrogen-bond acceptors (Lipinski definition) is 6. The molecule has 0 N–H and O–H groups in total. The quantitative estimate of drug-likeness (QED) is 0.0261. The molecule has 0 aromatic carbocycles. The van der Waals surface area contributed by atoms with Gasteiger partial charge in [0.15, 0.2) is 6.10 Å². The lowest BCUT2D eigenvalue weighted by atomic mass is 10.0. The molecular weight excluding hydrogens is 937 g/mol. The second kappa shape index (κ2) is 65.4. The van der Waals surface area contributed by atoms with Gasteiger partial charge in [-0.25, -0.2) is 0 Å². The molecule has 0 aliphatic carbocycles. The van der Waals surface area contributed by atoms with Gasteiger partial charge in [0.25, 0.3) is 0 Å². The second-order valence-electron chi connectivity index (χ2n) is 23.4. The van der Waals surface area contributed by atoms with E-state index in [-0.39, 0.29) is 31.1 Å². The summed E-state index contributed by atoms with van der Waals surface area (Å²) < 4.78 is 16.9. The normalized spacial score (nSPS) is 12.1. The van der Waals surface area contributed by atoms with Gasteiger partial charge in [0.1, 0.15) is 13.2 Å². The summed E-state index contributed by atoms with van der Waals surface area (Å²) in [5, 5.41) is 0. The van der Waals surface area contributed by atoms with Crippen LogP contribution in [0.25, 0.3) is 0 Å². The van der Waals surface area contributed by atoms with Crippen LogP contribution in [-0.2, 0) is 28.6 Å². The van der Waals surface area contributed by atoms with Crippen molar-refractivity contribution in [1.29, 1.82) is 0 Å². The SMILES string of the molecule is CCCCC/C=C\CCCCCCCC(=O)OCC(COC(=O)CCCCCCCCCCCCCCCCCCCCCCCCCCCCCCCC)OC(=O)CCCCCCC/C=C\CCCCCCCCC. The molecule has 0 rings (SSSR count). The van der Waals surface area contributed by atoms with Crippen molar-refractivity contribution in [2.24, 2.45) is 0 Å². The van der Waals surface area contributed by atoms with E-state index in [1.54, 1.807) is 0 Å². The monoisotopic (exact) mass is 1070 g/mol. The Balaban J connectivity index is 4.11. The number of hydrogen-bond donors (Lipinski definition) is 0. The van der Waals surface area contributed by atoms with Crippen molar-refractivity contribution < 1.29 is 28.6 Å². The third-order valence-electron chi connectivity index (χ3n) is 15.7. The molecule has 0 saturated heterocycles. The van der Waals surface area contributed by atoms with E-state index in [4.69, 9.17) is 14.2 Å². The number of unbranched alkanes of at least 4 members (excludes halogenated alkanes) is 49. The molecule has 6 nitrogen and oxygen atoms in total. The van der Waals surface area contributed by atoms with Crippen molar-refractivity contribution in [3.63, 3.8) is 0 Å². The van der Waals surface area contributed by atoms with Crippen LogP contribution in [0.2, 0.25) is 0 Å². The zero-order chi connectivity index (χ0) is 55.0.